The van der Waals surface area contributed by atoms with Crippen molar-refractivity contribution in [2.75, 3.05) is 7.11 Å². The molecule has 0 saturated carbocycles. The third-order valence-electron chi connectivity index (χ3n) is 2.03. The summed E-state index contributed by atoms with van der Waals surface area (Å²) in [5.74, 6) is -0.349. The molecule has 0 fully saturated rings. The molecule has 16 heavy (non-hydrogen) atoms. The molecule has 0 bridgehead atoms. The minimum absolute atomic E-state index is 0.0313. The molecule has 0 unspecified atom stereocenters. The lowest BCUT2D eigenvalue weighted by Gasteiger charge is -2.07. The Labute approximate surface area is 91.0 Å². The topological polar surface area (TPSA) is 86.5 Å². The largest absolute Gasteiger partial charge is 0.496 e. The second-order valence-corrected chi connectivity index (χ2v) is 3.04. The van der Waals surface area contributed by atoms with Gasteiger partial charge in [-0.05, 0) is 6.92 Å². The standard InChI is InChI=1S/C10H9NO5/c1-6(13)10-7(5-12)3-8(11(14)15)4-9(10)16-2/h3-5H,1-2H3. The van der Waals surface area contributed by atoms with E-state index in [0.29, 0.717) is 6.29 Å². The second-order valence-electron chi connectivity index (χ2n) is 3.04. The number of nitro benzene ring substituents is 1. The van der Waals surface area contributed by atoms with E-state index in [4.69, 9.17) is 4.74 Å². The van der Waals surface area contributed by atoms with Gasteiger partial charge in [-0.25, -0.2) is 0 Å². The Morgan fingerprint density at radius 2 is 2.12 bits per heavy atom. The van der Waals surface area contributed by atoms with Crippen molar-refractivity contribution in [3.63, 3.8) is 0 Å². The van der Waals surface area contributed by atoms with Crippen molar-refractivity contribution in [3.05, 3.63) is 33.4 Å². The van der Waals surface area contributed by atoms with Crippen LogP contribution in [0.4, 0.5) is 5.69 Å². The molecule has 0 heterocycles. The van der Waals surface area contributed by atoms with Gasteiger partial charge in [0, 0.05) is 11.6 Å². The van der Waals surface area contributed by atoms with E-state index in [1.54, 1.807) is 0 Å². The van der Waals surface area contributed by atoms with Gasteiger partial charge in [0.05, 0.1) is 23.7 Å². The number of nitro groups is 1. The first-order valence-corrected chi connectivity index (χ1v) is 4.33. The molecule has 0 N–H and O–H groups in total. The molecule has 1 aromatic carbocycles. The number of ketones is 1. The van der Waals surface area contributed by atoms with Gasteiger partial charge in [-0.15, -0.1) is 0 Å². The van der Waals surface area contributed by atoms with Crippen LogP contribution in [-0.2, 0) is 0 Å². The van der Waals surface area contributed by atoms with Crippen molar-refractivity contribution in [2.24, 2.45) is 0 Å². The highest BCUT2D eigenvalue weighted by molar-refractivity contribution is 6.04. The van der Waals surface area contributed by atoms with Crippen LogP contribution in [-0.4, -0.2) is 24.1 Å². The van der Waals surface area contributed by atoms with Gasteiger partial charge in [0.25, 0.3) is 5.69 Å². The Morgan fingerprint density at radius 3 is 2.50 bits per heavy atom. The first-order chi connectivity index (χ1) is 7.51. The quantitative estimate of drug-likeness (QED) is 0.335. The van der Waals surface area contributed by atoms with E-state index in [2.05, 4.69) is 0 Å². The number of methoxy groups -OCH3 is 1. The van der Waals surface area contributed by atoms with Crippen LogP contribution >= 0.6 is 0 Å². The summed E-state index contributed by atoms with van der Waals surface area (Å²) in [5, 5.41) is 10.6. The number of aldehydes is 1. The van der Waals surface area contributed by atoms with Gasteiger partial charge >= 0.3 is 0 Å². The van der Waals surface area contributed by atoms with Crippen LogP contribution in [0.1, 0.15) is 27.6 Å². The summed E-state index contributed by atoms with van der Waals surface area (Å²) < 4.78 is 4.86. The van der Waals surface area contributed by atoms with Crippen molar-refractivity contribution in [2.45, 2.75) is 6.92 Å². The number of Topliss-reactive ketones (excluding diaryl/α,β-unsaturated/α-hetero) is 1. The van der Waals surface area contributed by atoms with Crippen LogP contribution in [0, 0.1) is 10.1 Å². The van der Waals surface area contributed by atoms with Crippen LogP contribution in [0.15, 0.2) is 12.1 Å². The zero-order chi connectivity index (χ0) is 12.3. The maximum absolute atomic E-state index is 11.3. The molecule has 6 nitrogen and oxygen atoms in total. The Balaban J connectivity index is 3.55. The summed E-state index contributed by atoms with van der Waals surface area (Å²) in [4.78, 5) is 31.9. The van der Waals surface area contributed by atoms with E-state index in [1.807, 2.05) is 0 Å². The lowest BCUT2D eigenvalue weighted by molar-refractivity contribution is -0.384. The van der Waals surface area contributed by atoms with E-state index >= 15 is 0 Å². The molecule has 0 spiro atoms. The number of rotatable bonds is 4. The minimum Gasteiger partial charge on any atom is -0.496 e. The Kier molecular flexibility index (Phi) is 3.34. The maximum atomic E-state index is 11.3. The molecule has 0 aliphatic carbocycles. The third-order valence-corrected chi connectivity index (χ3v) is 2.03. The summed E-state index contributed by atoms with van der Waals surface area (Å²) in [5.41, 5.74) is -0.273. The monoisotopic (exact) mass is 223 g/mol. The number of benzene rings is 1. The highest BCUT2D eigenvalue weighted by atomic mass is 16.6. The first-order valence-electron chi connectivity index (χ1n) is 4.33. The van der Waals surface area contributed by atoms with Gasteiger partial charge < -0.3 is 4.74 Å². The fourth-order valence-corrected chi connectivity index (χ4v) is 1.36. The van der Waals surface area contributed by atoms with Crippen molar-refractivity contribution < 1.29 is 19.2 Å². The molecule has 84 valence electrons. The van der Waals surface area contributed by atoms with E-state index in [-0.39, 0.29) is 28.3 Å². The molecule has 0 aliphatic rings. The average molecular weight is 223 g/mol. The number of carbonyl (C=O) groups excluding carboxylic acids is 2. The minimum atomic E-state index is -0.653. The number of ether oxygens (including phenoxy) is 1. The molecule has 0 saturated heterocycles. The van der Waals surface area contributed by atoms with Crippen LogP contribution in [0.2, 0.25) is 0 Å². The SMILES string of the molecule is COc1cc([N+](=O)[O-])cc(C=O)c1C(C)=O. The number of nitrogens with zero attached hydrogens (tertiary/aromatic N) is 1. The number of hydrogen-bond donors (Lipinski definition) is 0. The van der Waals surface area contributed by atoms with Crippen molar-refractivity contribution >= 4 is 17.8 Å². The number of carbonyl (C=O) groups is 2. The van der Waals surface area contributed by atoms with Crippen molar-refractivity contribution in [1.82, 2.24) is 0 Å². The predicted octanol–water partition coefficient (Wildman–Crippen LogP) is 1.62. The van der Waals surface area contributed by atoms with Crippen molar-refractivity contribution in [1.29, 1.82) is 0 Å². The summed E-state index contributed by atoms with van der Waals surface area (Å²) in [7, 11) is 1.28. The van der Waals surface area contributed by atoms with E-state index in [9.17, 15) is 19.7 Å². The first kappa shape index (κ1) is 11.8. The smallest absolute Gasteiger partial charge is 0.273 e. The number of non-ortho nitro benzene ring substituents is 1. The van der Waals surface area contributed by atoms with Gasteiger partial charge in [0.1, 0.15) is 5.75 Å². The van der Waals surface area contributed by atoms with Gasteiger partial charge in [-0.3, -0.25) is 19.7 Å². The second kappa shape index (κ2) is 4.52. The molecule has 0 amide bonds. The van der Waals surface area contributed by atoms with Crippen LogP contribution in [0.5, 0.6) is 5.75 Å². The van der Waals surface area contributed by atoms with Crippen LogP contribution < -0.4 is 4.74 Å². The van der Waals surface area contributed by atoms with Gasteiger partial charge in [-0.1, -0.05) is 0 Å². The maximum Gasteiger partial charge on any atom is 0.273 e. The summed E-state index contributed by atoms with van der Waals surface area (Å²) in [6, 6.07) is 2.16. The zero-order valence-corrected chi connectivity index (χ0v) is 8.72. The van der Waals surface area contributed by atoms with Gasteiger partial charge in [0.2, 0.25) is 0 Å². The third kappa shape index (κ3) is 2.05. The molecule has 1 aromatic rings. The molecule has 6 heteroatoms. The van der Waals surface area contributed by atoms with E-state index in [1.165, 1.54) is 14.0 Å². The average Bonchev–Trinajstić information content (AvgIpc) is 2.26. The molecule has 1 rings (SSSR count). The van der Waals surface area contributed by atoms with E-state index < -0.39 is 4.92 Å². The Hall–Kier alpha value is -2.24. The summed E-state index contributed by atoms with van der Waals surface area (Å²) in [6.45, 7) is 1.26. The Bertz CT molecular complexity index is 467. The van der Waals surface area contributed by atoms with Crippen LogP contribution in [0.3, 0.4) is 0 Å². The van der Waals surface area contributed by atoms with Crippen LogP contribution in [0.25, 0.3) is 0 Å². The fourth-order valence-electron chi connectivity index (χ4n) is 1.36. The van der Waals surface area contributed by atoms with Gasteiger partial charge in [0.15, 0.2) is 12.1 Å². The summed E-state index contributed by atoms with van der Waals surface area (Å²) in [6.07, 6.45) is 0.395. The van der Waals surface area contributed by atoms with Gasteiger partial charge in [-0.2, -0.15) is 0 Å². The fraction of sp³-hybridized carbons (Fsp3) is 0.200. The lowest BCUT2D eigenvalue weighted by Crippen LogP contribution is -2.04. The normalized spacial score (nSPS) is 9.62. The molecular formula is C10H9NO5. The molecule has 0 radical (unpaired) electrons. The molecule has 0 aliphatic heterocycles. The molecular weight excluding hydrogens is 214 g/mol. The molecule has 0 aromatic heterocycles. The highest BCUT2D eigenvalue weighted by Crippen LogP contribution is 2.28. The van der Waals surface area contributed by atoms with Crippen molar-refractivity contribution in [3.8, 4) is 5.75 Å². The Morgan fingerprint density at radius 1 is 1.50 bits per heavy atom. The highest BCUT2D eigenvalue weighted by Gasteiger charge is 2.19. The zero-order valence-electron chi connectivity index (χ0n) is 8.72. The van der Waals surface area contributed by atoms with E-state index in [0.717, 1.165) is 12.1 Å². The summed E-state index contributed by atoms with van der Waals surface area (Å²) >= 11 is 0. The lowest BCUT2D eigenvalue weighted by atomic mass is 10.0. The molecule has 0 atom stereocenters. The predicted molar refractivity (Wildman–Crippen MR) is 55.0 cm³/mol. The number of hydrogen-bond acceptors (Lipinski definition) is 5.